The van der Waals surface area contributed by atoms with E-state index in [-0.39, 0.29) is 28.7 Å². The molecule has 0 unspecified atom stereocenters. The average Bonchev–Trinajstić information content (AvgIpc) is 3.11. The van der Waals surface area contributed by atoms with Crippen molar-refractivity contribution < 1.29 is 22.7 Å². The van der Waals surface area contributed by atoms with Gasteiger partial charge in [0, 0.05) is 17.5 Å². The fraction of sp³-hybridized carbons (Fsp3) is 0.158. The number of carbonyl (C=O) groups is 1. The Morgan fingerprint density at radius 3 is 2.62 bits per heavy atom. The molecule has 152 valence electrons. The molecule has 0 bridgehead atoms. The number of hydrogen-bond donors (Lipinski definition) is 3. The maximum Gasteiger partial charge on any atom is 0.244 e. The van der Waals surface area contributed by atoms with E-state index in [1.54, 1.807) is 17.5 Å². The molecule has 0 aliphatic heterocycles. The molecule has 1 amide bonds. The molecule has 0 saturated heterocycles. The van der Waals surface area contributed by atoms with Gasteiger partial charge in [-0.25, -0.2) is 22.5 Å². The van der Waals surface area contributed by atoms with Crippen molar-refractivity contribution in [2.75, 3.05) is 12.4 Å². The van der Waals surface area contributed by atoms with Gasteiger partial charge in [0.15, 0.2) is 0 Å². The predicted molar refractivity (Wildman–Crippen MR) is 108 cm³/mol. The van der Waals surface area contributed by atoms with Crippen molar-refractivity contribution >= 4 is 33.0 Å². The third-order valence-electron chi connectivity index (χ3n) is 4.01. The number of thiazole rings is 1. The zero-order valence-electron chi connectivity index (χ0n) is 15.3. The second-order valence-corrected chi connectivity index (χ2v) is 8.95. The van der Waals surface area contributed by atoms with Crippen molar-refractivity contribution in [3.8, 4) is 5.75 Å². The number of halogens is 1. The van der Waals surface area contributed by atoms with Gasteiger partial charge in [0.2, 0.25) is 15.9 Å². The van der Waals surface area contributed by atoms with E-state index in [2.05, 4.69) is 15.0 Å². The zero-order chi connectivity index (χ0) is 21.0. The van der Waals surface area contributed by atoms with Crippen LogP contribution in [-0.4, -0.2) is 31.5 Å². The SMILES string of the molecule is CNS(=O)(=O)c1cc(NC(=O)Cc2csc(Cc3ccc(F)cc3)n2)ccc1O. The molecule has 0 spiro atoms. The largest absolute Gasteiger partial charge is 0.507 e. The Morgan fingerprint density at radius 2 is 1.93 bits per heavy atom. The molecule has 3 aromatic rings. The molecular weight excluding hydrogens is 417 g/mol. The molecular formula is C19H18FN3O4S2. The molecule has 7 nitrogen and oxygen atoms in total. The maximum atomic E-state index is 13.0. The summed E-state index contributed by atoms with van der Waals surface area (Å²) in [6, 6.07) is 9.93. The molecule has 3 N–H and O–H groups in total. The first-order valence-electron chi connectivity index (χ1n) is 8.51. The molecule has 0 aliphatic carbocycles. The van der Waals surface area contributed by atoms with E-state index in [0.717, 1.165) is 10.6 Å². The molecule has 10 heteroatoms. The topological polar surface area (TPSA) is 108 Å². The second-order valence-electron chi connectivity index (χ2n) is 6.15. The first kappa shape index (κ1) is 20.9. The number of aromatic nitrogens is 1. The summed E-state index contributed by atoms with van der Waals surface area (Å²) in [6.45, 7) is 0. The molecule has 0 radical (unpaired) electrons. The third-order valence-corrected chi connectivity index (χ3v) is 6.35. The van der Waals surface area contributed by atoms with Crippen LogP contribution in [-0.2, 0) is 27.7 Å². The van der Waals surface area contributed by atoms with E-state index in [9.17, 15) is 22.7 Å². The molecule has 0 saturated carbocycles. The van der Waals surface area contributed by atoms with Gasteiger partial charge in [-0.2, -0.15) is 0 Å². The monoisotopic (exact) mass is 435 g/mol. The van der Waals surface area contributed by atoms with Crippen LogP contribution in [0.15, 0.2) is 52.7 Å². The van der Waals surface area contributed by atoms with Gasteiger partial charge in [-0.15, -0.1) is 11.3 Å². The Balaban J connectivity index is 1.65. The summed E-state index contributed by atoms with van der Waals surface area (Å²) >= 11 is 1.40. The van der Waals surface area contributed by atoms with Crippen LogP contribution in [0.2, 0.25) is 0 Å². The maximum absolute atomic E-state index is 13.0. The van der Waals surface area contributed by atoms with Crippen molar-refractivity contribution in [3.05, 3.63) is 69.9 Å². The molecule has 0 atom stereocenters. The number of nitrogens with one attached hydrogen (secondary N) is 2. The highest BCUT2D eigenvalue weighted by molar-refractivity contribution is 7.89. The number of phenols is 1. The lowest BCUT2D eigenvalue weighted by molar-refractivity contribution is -0.115. The number of nitrogens with zero attached hydrogens (tertiary/aromatic N) is 1. The molecule has 2 aromatic carbocycles. The van der Waals surface area contributed by atoms with Gasteiger partial charge in [0.1, 0.15) is 16.5 Å². The highest BCUT2D eigenvalue weighted by atomic mass is 32.2. The number of phenolic OH excluding ortho intramolecular Hbond substituents is 1. The molecule has 29 heavy (non-hydrogen) atoms. The summed E-state index contributed by atoms with van der Waals surface area (Å²) in [4.78, 5) is 16.4. The number of rotatable bonds is 7. The van der Waals surface area contributed by atoms with Crippen LogP contribution in [0.1, 0.15) is 16.3 Å². The van der Waals surface area contributed by atoms with Crippen LogP contribution in [0, 0.1) is 5.82 Å². The van der Waals surface area contributed by atoms with Crippen molar-refractivity contribution in [3.63, 3.8) is 0 Å². The Bertz CT molecular complexity index is 1130. The first-order chi connectivity index (χ1) is 13.8. The Kier molecular flexibility index (Phi) is 6.26. The van der Waals surface area contributed by atoms with Gasteiger partial charge in [0.05, 0.1) is 17.1 Å². The van der Waals surface area contributed by atoms with Crippen LogP contribution in [0.4, 0.5) is 10.1 Å². The number of benzene rings is 2. The molecule has 3 rings (SSSR count). The number of carbonyl (C=O) groups excluding carboxylic acids is 1. The third kappa shape index (κ3) is 5.37. The van der Waals surface area contributed by atoms with Crippen LogP contribution in [0.5, 0.6) is 5.75 Å². The van der Waals surface area contributed by atoms with Crippen molar-refractivity contribution in [1.82, 2.24) is 9.71 Å². The predicted octanol–water partition coefficient (Wildman–Crippen LogP) is 2.67. The van der Waals surface area contributed by atoms with Crippen LogP contribution in [0.25, 0.3) is 0 Å². The van der Waals surface area contributed by atoms with Crippen LogP contribution >= 0.6 is 11.3 Å². The van der Waals surface area contributed by atoms with Gasteiger partial charge in [-0.3, -0.25) is 4.79 Å². The first-order valence-corrected chi connectivity index (χ1v) is 10.9. The Hall–Kier alpha value is -2.82. The minimum absolute atomic E-state index is 0.00883. The normalized spacial score (nSPS) is 11.4. The Labute approximate surface area is 171 Å². The van der Waals surface area contributed by atoms with Crippen molar-refractivity contribution in [2.45, 2.75) is 17.7 Å². The van der Waals surface area contributed by atoms with Crippen LogP contribution in [0.3, 0.4) is 0 Å². The van der Waals surface area contributed by atoms with E-state index >= 15 is 0 Å². The minimum Gasteiger partial charge on any atom is -0.507 e. The lowest BCUT2D eigenvalue weighted by Gasteiger charge is -2.09. The number of aromatic hydroxyl groups is 1. The fourth-order valence-electron chi connectivity index (χ4n) is 2.57. The number of sulfonamides is 1. The molecule has 0 fully saturated rings. The second kappa shape index (κ2) is 8.68. The quantitative estimate of drug-likeness (QED) is 0.495. The fourth-order valence-corrected chi connectivity index (χ4v) is 4.25. The summed E-state index contributed by atoms with van der Waals surface area (Å²) in [5.41, 5.74) is 1.73. The zero-order valence-corrected chi connectivity index (χ0v) is 17.0. The van der Waals surface area contributed by atoms with Gasteiger partial charge in [-0.05, 0) is 42.9 Å². The van der Waals surface area contributed by atoms with Gasteiger partial charge < -0.3 is 10.4 Å². The minimum atomic E-state index is -3.86. The standard InChI is InChI=1S/C19H18FN3O4S2/c1-21-29(26,27)17-9-14(6-7-16(17)24)22-18(25)10-15-11-28-19(23-15)8-12-2-4-13(20)5-3-12/h2-7,9,11,21,24H,8,10H2,1H3,(H,22,25). The van der Waals surface area contributed by atoms with E-state index in [0.29, 0.717) is 12.1 Å². The number of hydrogen-bond acceptors (Lipinski definition) is 6. The highest BCUT2D eigenvalue weighted by Crippen LogP contribution is 2.26. The van der Waals surface area contributed by atoms with Crippen molar-refractivity contribution in [1.29, 1.82) is 0 Å². The van der Waals surface area contributed by atoms with Gasteiger partial charge in [0.25, 0.3) is 0 Å². The van der Waals surface area contributed by atoms with E-state index in [4.69, 9.17) is 0 Å². The lowest BCUT2D eigenvalue weighted by Crippen LogP contribution is -2.19. The van der Waals surface area contributed by atoms with Gasteiger partial charge >= 0.3 is 0 Å². The average molecular weight is 436 g/mol. The lowest BCUT2D eigenvalue weighted by atomic mass is 10.1. The summed E-state index contributed by atoms with van der Waals surface area (Å²) in [7, 11) is -2.63. The Morgan fingerprint density at radius 1 is 1.21 bits per heavy atom. The smallest absolute Gasteiger partial charge is 0.244 e. The number of anilines is 1. The molecule has 0 aliphatic rings. The summed E-state index contributed by atoms with van der Waals surface area (Å²) < 4.78 is 38.9. The van der Waals surface area contributed by atoms with Gasteiger partial charge in [-0.1, -0.05) is 12.1 Å². The summed E-state index contributed by atoms with van der Waals surface area (Å²) in [6.07, 6.45) is 0.546. The van der Waals surface area contributed by atoms with E-state index in [1.807, 2.05) is 0 Å². The highest BCUT2D eigenvalue weighted by Gasteiger charge is 2.18. The summed E-state index contributed by atoms with van der Waals surface area (Å²) in [5, 5.41) is 14.9. The van der Waals surface area contributed by atoms with E-state index in [1.165, 1.54) is 48.7 Å². The number of amides is 1. The van der Waals surface area contributed by atoms with Crippen LogP contribution < -0.4 is 10.0 Å². The molecule has 1 heterocycles. The van der Waals surface area contributed by atoms with Crippen molar-refractivity contribution in [2.24, 2.45) is 0 Å². The van der Waals surface area contributed by atoms with E-state index < -0.39 is 15.8 Å². The molecule has 1 aromatic heterocycles. The summed E-state index contributed by atoms with van der Waals surface area (Å²) in [5.74, 6) is -1.09.